The van der Waals surface area contributed by atoms with Crippen LogP contribution in [0.3, 0.4) is 0 Å². The molecule has 0 bridgehead atoms. The van der Waals surface area contributed by atoms with Gasteiger partial charge in [-0.15, -0.1) is 0 Å². The number of benzene rings is 1. The van der Waals surface area contributed by atoms with Crippen LogP contribution >= 0.6 is 11.6 Å². The highest BCUT2D eigenvalue weighted by molar-refractivity contribution is 6.35. The van der Waals surface area contributed by atoms with Crippen LogP contribution in [0.15, 0.2) is 33.6 Å². The van der Waals surface area contributed by atoms with Gasteiger partial charge in [-0.25, -0.2) is 0 Å². The van der Waals surface area contributed by atoms with Gasteiger partial charge >= 0.3 is 0 Å². The monoisotopic (exact) mass is 359 g/mol. The first-order chi connectivity index (χ1) is 11.8. The number of fused-ring (bicyclic) bond motifs is 1. The molecular formula is C19H22ClN3O2. The smallest absolute Gasteiger partial charge is 0.260 e. The second-order valence-corrected chi connectivity index (χ2v) is 7.57. The molecule has 1 aromatic carbocycles. The fourth-order valence-electron chi connectivity index (χ4n) is 2.82. The van der Waals surface area contributed by atoms with Crippen molar-refractivity contribution in [3.8, 4) is 0 Å². The van der Waals surface area contributed by atoms with Crippen LogP contribution in [-0.2, 0) is 24.8 Å². The molecule has 0 amide bonds. The minimum absolute atomic E-state index is 0.0699. The summed E-state index contributed by atoms with van der Waals surface area (Å²) < 4.78 is 7.09. The van der Waals surface area contributed by atoms with Gasteiger partial charge in [0.1, 0.15) is 0 Å². The third-order valence-corrected chi connectivity index (χ3v) is 4.52. The molecule has 0 aliphatic carbocycles. The van der Waals surface area contributed by atoms with Crippen molar-refractivity contribution >= 4 is 22.4 Å². The van der Waals surface area contributed by atoms with Crippen molar-refractivity contribution in [1.29, 1.82) is 0 Å². The number of aromatic nitrogens is 3. The number of hydrogen-bond donors (Lipinski definition) is 0. The number of pyridine rings is 1. The number of halogens is 1. The van der Waals surface area contributed by atoms with Crippen LogP contribution in [0.4, 0.5) is 0 Å². The number of hydrogen-bond acceptors (Lipinski definition) is 4. The second-order valence-electron chi connectivity index (χ2n) is 7.17. The molecule has 0 saturated carbocycles. The molecule has 25 heavy (non-hydrogen) atoms. The van der Waals surface area contributed by atoms with Crippen molar-refractivity contribution < 1.29 is 4.52 Å². The van der Waals surface area contributed by atoms with E-state index in [1.165, 1.54) is 0 Å². The zero-order valence-corrected chi connectivity index (χ0v) is 15.7. The van der Waals surface area contributed by atoms with Crippen molar-refractivity contribution in [3.05, 3.63) is 57.1 Å². The van der Waals surface area contributed by atoms with E-state index in [1.54, 1.807) is 10.6 Å². The highest BCUT2D eigenvalue weighted by atomic mass is 35.5. The average molecular weight is 360 g/mol. The van der Waals surface area contributed by atoms with E-state index in [-0.39, 0.29) is 11.0 Å². The lowest BCUT2D eigenvalue weighted by molar-refractivity contribution is 0.318. The van der Waals surface area contributed by atoms with E-state index in [2.05, 4.69) is 10.1 Å². The first-order valence-electron chi connectivity index (χ1n) is 8.45. The van der Waals surface area contributed by atoms with Crippen LogP contribution in [0.1, 0.15) is 45.1 Å². The lowest BCUT2D eigenvalue weighted by Gasteiger charge is -2.13. The summed E-state index contributed by atoms with van der Waals surface area (Å²) in [6, 6.07) is 7.55. The molecule has 3 aromatic rings. The predicted octanol–water partition coefficient (Wildman–Crippen LogP) is 4.14. The highest BCUT2D eigenvalue weighted by Gasteiger charge is 2.21. The lowest BCUT2D eigenvalue weighted by atomic mass is 9.97. The van der Waals surface area contributed by atoms with Crippen molar-refractivity contribution in [2.45, 2.75) is 52.5 Å². The van der Waals surface area contributed by atoms with Gasteiger partial charge in [0.05, 0.1) is 10.4 Å². The molecule has 0 aliphatic rings. The summed E-state index contributed by atoms with van der Waals surface area (Å²) in [5.41, 5.74) is 0.714. The second kappa shape index (κ2) is 6.64. The van der Waals surface area contributed by atoms with Crippen LogP contribution in [0, 0.1) is 0 Å². The Labute approximate surface area is 151 Å². The normalized spacial score (nSPS) is 12.0. The quantitative estimate of drug-likeness (QED) is 0.702. The Bertz CT molecular complexity index is 967. The summed E-state index contributed by atoms with van der Waals surface area (Å²) in [5, 5.41) is 5.95. The molecule has 6 heteroatoms. The lowest BCUT2D eigenvalue weighted by Crippen LogP contribution is -2.25. The van der Waals surface area contributed by atoms with E-state index in [0.29, 0.717) is 35.1 Å². The number of nitrogens with zero attached hydrogens (tertiary/aromatic N) is 3. The van der Waals surface area contributed by atoms with Gasteiger partial charge in [-0.05, 0) is 23.9 Å². The van der Waals surface area contributed by atoms with Gasteiger partial charge in [0.25, 0.3) is 5.56 Å². The molecule has 2 aromatic heterocycles. The highest BCUT2D eigenvalue weighted by Crippen LogP contribution is 2.22. The van der Waals surface area contributed by atoms with Crippen LogP contribution in [0.25, 0.3) is 10.8 Å². The van der Waals surface area contributed by atoms with Crippen molar-refractivity contribution in [1.82, 2.24) is 14.7 Å². The Kier molecular flexibility index (Phi) is 4.69. The molecule has 0 atom stereocenters. The maximum Gasteiger partial charge on any atom is 0.260 e. The molecule has 0 spiro atoms. The van der Waals surface area contributed by atoms with E-state index in [9.17, 15) is 4.79 Å². The standard InChI is InChI=1S/C19H22ClN3O2/c1-5-13-11-12-7-6-8-14(20)16(12)17(24)23(13)10-9-15-21-18(25-22-15)19(2,3)4/h6-8,11H,5,9-10H2,1-4H3. The third kappa shape index (κ3) is 3.47. The molecule has 3 rings (SSSR count). The first kappa shape index (κ1) is 17.7. The maximum absolute atomic E-state index is 12.9. The summed E-state index contributed by atoms with van der Waals surface area (Å²) in [5.74, 6) is 1.21. The summed E-state index contributed by atoms with van der Waals surface area (Å²) in [6.07, 6.45) is 1.29. The summed E-state index contributed by atoms with van der Waals surface area (Å²) in [7, 11) is 0. The van der Waals surface area contributed by atoms with Crippen LogP contribution in [-0.4, -0.2) is 14.7 Å². The topological polar surface area (TPSA) is 60.9 Å². The molecule has 0 fully saturated rings. The van der Waals surface area contributed by atoms with Crippen LogP contribution in [0.5, 0.6) is 0 Å². The van der Waals surface area contributed by atoms with Crippen molar-refractivity contribution in [3.63, 3.8) is 0 Å². The van der Waals surface area contributed by atoms with E-state index < -0.39 is 0 Å². The third-order valence-electron chi connectivity index (χ3n) is 4.20. The summed E-state index contributed by atoms with van der Waals surface area (Å²) in [4.78, 5) is 17.4. The zero-order valence-electron chi connectivity index (χ0n) is 15.0. The molecule has 2 heterocycles. The Balaban J connectivity index is 1.96. The predicted molar refractivity (Wildman–Crippen MR) is 99.3 cm³/mol. The first-order valence-corrected chi connectivity index (χ1v) is 8.83. The fourth-order valence-corrected chi connectivity index (χ4v) is 3.08. The van der Waals surface area contributed by atoms with Gasteiger partial charge in [-0.2, -0.15) is 4.98 Å². The molecule has 0 unspecified atom stereocenters. The van der Waals surface area contributed by atoms with E-state index in [4.69, 9.17) is 16.1 Å². The molecular weight excluding hydrogens is 338 g/mol. The van der Waals surface area contributed by atoms with Crippen molar-refractivity contribution in [2.75, 3.05) is 0 Å². The minimum Gasteiger partial charge on any atom is -0.339 e. The minimum atomic E-state index is -0.187. The zero-order chi connectivity index (χ0) is 18.2. The molecule has 0 aliphatic heterocycles. The molecule has 5 nitrogen and oxygen atoms in total. The summed E-state index contributed by atoms with van der Waals surface area (Å²) >= 11 is 6.25. The molecule has 0 saturated heterocycles. The van der Waals surface area contributed by atoms with Gasteiger partial charge < -0.3 is 9.09 Å². The van der Waals surface area contributed by atoms with Gasteiger partial charge in [-0.3, -0.25) is 4.79 Å². The van der Waals surface area contributed by atoms with E-state index in [1.807, 2.05) is 45.9 Å². The van der Waals surface area contributed by atoms with Gasteiger partial charge in [0.2, 0.25) is 5.89 Å². The Morgan fingerprint density at radius 1 is 1.28 bits per heavy atom. The van der Waals surface area contributed by atoms with Crippen LogP contribution < -0.4 is 5.56 Å². The summed E-state index contributed by atoms with van der Waals surface area (Å²) in [6.45, 7) is 8.60. The molecule has 0 N–H and O–H groups in total. The average Bonchev–Trinajstić information content (AvgIpc) is 3.02. The molecule has 132 valence electrons. The number of rotatable bonds is 4. The van der Waals surface area contributed by atoms with E-state index >= 15 is 0 Å². The largest absolute Gasteiger partial charge is 0.339 e. The van der Waals surface area contributed by atoms with Crippen LogP contribution in [0.2, 0.25) is 5.02 Å². The number of aryl methyl sites for hydroxylation is 2. The van der Waals surface area contributed by atoms with Gasteiger partial charge in [0, 0.05) is 24.1 Å². The Morgan fingerprint density at radius 3 is 2.68 bits per heavy atom. The van der Waals surface area contributed by atoms with E-state index in [0.717, 1.165) is 17.5 Å². The molecule has 0 radical (unpaired) electrons. The Morgan fingerprint density at radius 2 is 2.04 bits per heavy atom. The van der Waals surface area contributed by atoms with Gasteiger partial charge in [0.15, 0.2) is 5.82 Å². The fraction of sp³-hybridized carbons (Fsp3) is 0.421. The maximum atomic E-state index is 12.9. The Hall–Kier alpha value is -2.14. The SMILES string of the molecule is CCc1cc2cccc(Cl)c2c(=O)n1CCc1noc(C(C)(C)C)n1. The van der Waals surface area contributed by atoms with Gasteiger partial charge in [-0.1, -0.05) is 56.6 Å². The van der Waals surface area contributed by atoms with Crippen molar-refractivity contribution in [2.24, 2.45) is 0 Å².